The van der Waals surface area contributed by atoms with E-state index in [4.69, 9.17) is 0 Å². The lowest BCUT2D eigenvalue weighted by Gasteiger charge is -2.12. The van der Waals surface area contributed by atoms with Gasteiger partial charge in [0.25, 0.3) is 0 Å². The number of carbonyl (C=O) groups is 2. The predicted molar refractivity (Wildman–Crippen MR) is 90.4 cm³/mol. The Labute approximate surface area is 138 Å². The highest BCUT2D eigenvalue weighted by molar-refractivity contribution is 8.00. The van der Waals surface area contributed by atoms with Gasteiger partial charge in [0.15, 0.2) is 5.16 Å². The molecule has 2 aromatic rings. The number of carbonyl (C=O) groups excluding carboxylic acids is 2. The molecule has 0 unspecified atom stereocenters. The fourth-order valence-electron chi connectivity index (χ4n) is 1.85. The summed E-state index contributed by atoms with van der Waals surface area (Å²) in [4.78, 5) is 23.2. The normalized spacial score (nSPS) is 11.8. The van der Waals surface area contributed by atoms with E-state index in [1.807, 2.05) is 18.4 Å². The molecule has 23 heavy (non-hydrogen) atoms. The number of nitrogens with one attached hydrogen (secondary N) is 2. The lowest BCUT2D eigenvalue weighted by Crippen LogP contribution is -2.22. The third-order valence-electron chi connectivity index (χ3n) is 3.04. The SMILES string of the molecule is CCn1cnnc1S[C@H](C)C(=O)Nc1ccc(NC(C)=O)cc1. The number of hydrogen-bond donors (Lipinski definition) is 2. The number of aryl methyl sites for hydroxylation is 1. The third kappa shape index (κ3) is 4.82. The first-order chi connectivity index (χ1) is 11.0. The van der Waals surface area contributed by atoms with Crippen LogP contribution in [0.1, 0.15) is 20.8 Å². The van der Waals surface area contributed by atoms with Crippen molar-refractivity contribution in [1.82, 2.24) is 14.8 Å². The van der Waals surface area contributed by atoms with Crippen LogP contribution in [-0.2, 0) is 16.1 Å². The van der Waals surface area contributed by atoms with Crippen LogP contribution in [0.4, 0.5) is 11.4 Å². The van der Waals surface area contributed by atoms with Gasteiger partial charge in [0, 0.05) is 24.8 Å². The minimum Gasteiger partial charge on any atom is -0.326 e. The number of rotatable bonds is 6. The molecule has 122 valence electrons. The molecule has 0 spiro atoms. The average Bonchev–Trinajstić information content (AvgIpc) is 2.95. The summed E-state index contributed by atoms with van der Waals surface area (Å²) in [6, 6.07) is 6.97. The Morgan fingerprint density at radius 1 is 1.22 bits per heavy atom. The molecule has 7 nitrogen and oxygen atoms in total. The van der Waals surface area contributed by atoms with Gasteiger partial charge in [-0.05, 0) is 38.1 Å². The van der Waals surface area contributed by atoms with Crippen LogP contribution in [0.5, 0.6) is 0 Å². The zero-order valence-electron chi connectivity index (χ0n) is 13.2. The van der Waals surface area contributed by atoms with Crippen LogP contribution < -0.4 is 10.6 Å². The van der Waals surface area contributed by atoms with E-state index in [1.54, 1.807) is 30.6 Å². The van der Waals surface area contributed by atoms with Gasteiger partial charge in [-0.15, -0.1) is 10.2 Å². The molecule has 0 bridgehead atoms. The van der Waals surface area contributed by atoms with E-state index in [1.165, 1.54) is 18.7 Å². The minimum absolute atomic E-state index is 0.118. The van der Waals surface area contributed by atoms with Crippen LogP contribution in [-0.4, -0.2) is 31.8 Å². The molecule has 1 heterocycles. The molecule has 0 aliphatic carbocycles. The van der Waals surface area contributed by atoms with E-state index < -0.39 is 0 Å². The molecule has 1 aromatic carbocycles. The lowest BCUT2D eigenvalue weighted by atomic mass is 10.2. The standard InChI is InChI=1S/C15H19N5O2S/c1-4-20-9-16-19-15(20)23-10(2)14(22)18-13-7-5-12(6-8-13)17-11(3)21/h5-10H,4H2,1-3H3,(H,17,21)(H,18,22)/t10-/m1/s1. The Kier molecular flexibility index (Phi) is 5.75. The van der Waals surface area contributed by atoms with E-state index in [9.17, 15) is 9.59 Å². The Bertz CT molecular complexity index is 683. The molecule has 2 N–H and O–H groups in total. The van der Waals surface area contributed by atoms with E-state index in [0.29, 0.717) is 11.4 Å². The molecular formula is C15H19N5O2S. The van der Waals surface area contributed by atoms with Gasteiger partial charge in [-0.3, -0.25) is 9.59 Å². The molecule has 1 aromatic heterocycles. The van der Waals surface area contributed by atoms with Crippen molar-refractivity contribution in [3.63, 3.8) is 0 Å². The highest BCUT2D eigenvalue weighted by atomic mass is 32.2. The number of aromatic nitrogens is 3. The van der Waals surface area contributed by atoms with E-state index in [0.717, 1.165) is 11.7 Å². The largest absolute Gasteiger partial charge is 0.326 e. The van der Waals surface area contributed by atoms with Crippen molar-refractivity contribution in [3.8, 4) is 0 Å². The first-order valence-electron chi connectivity index (χ1n) is 7.22. The number of hydrogen-bond acceptors (Lipinski definition) is 5. The van der Waals surface area contributed by atoms with Gasteiger partial charge in [0.2, 0.25) is 11.8 Å². The monoisotopic (exact) mass is 333 g/mol. The summed E-state index contributed by atoms with van der Waals surface area (Å²) in [5.74, 6) is -0.250. The predicted octanol–water partition coefficient (Wildman–Crippen LogP) is 2.38. The van der Waals surface area contributed by atoms with Crippen molar-refractivity contribution in [2.45, 2.75) is 37.7 Å². The van der Waals surface area contributed by atoms with Crippen LogP contribution in [0.25, 0.3) is 0 Å². The number of anilines is 2. The first-order valence-corrected chi connectivity index (χ1v) is 8.10. The maximum atomic E-state index is 12.2. The van der Waals surface area contributed by atoms with Crippen LogP contribution in [0.2, 0.25) is 0 Å². The maximum Gasteiger partial charge on any atom is 0.237 e. The molecule has 0 fully saturated rings. The van der Waals surface area contributed by atoms with Crippen LogP contribution >= 0.6 is 11.8 Å². The second-order valence-electron chi connectivity index (χ2n) is 4.91. The minimum atomic E-state index is -0.306. The van der Waals surface area contributed by atoms with Crippen molar-refractivity contribution >= 4 is 35.0 Å². The summed E-state index contributed by atoms with van der Waals surface area (Å²) in [5, 5.41) is 13.8. The topological polar surface area (TPSA) is 88.9 Å². The van der Waals surface area contributed by atoms with Gasteiger partial charge in [0.1, 0.15) is 6.33 Å². The average molecular weight is 333 g/mol. The molecule has 8 heteroatoms. The lowest BCUT2D eigenvalue weighted by molar-refractivity contribution is -0.115. The molecular weight excluding hydrogens is 314 g/mol. The van der Waals surface area contributed by atoms with Crippen molar-refractivity contribution in [2.75, 3.05) is 10.6 Å². The van der Waals surface area contributed by atoms with Crippen molar-refractivity contribution in [2.24, 2.45) is 0 Å². The van der Waals surface area contributed by atoms with Gasteiger partial charge in [0.05, 0.1) is 5.25 Å². The summed E-state index contributed by atoms with van der Waals surface area (Å²) < 4.78 is 1.89. The molecule has 1 atom stereocenters. The molecule has 2 amide bonds. The van der Waals surface area contributed by atoms with Gasteiger partial charge >= 0.3 is 0 Å². The number of thioether (sulfide) groups is 1. The van der Waals surface area contributed by atoms with E-state index >= 15 is 0 Å². The summed E-state index contributed by atoms with van der Waals surface area (Å²) in [5.41, 5.74) is 1.36. The molecule has 0 saturated heterocycles. The van der Waals surface area contributed by atoms with Crippen molar-refractivity contribution in [1.29, 1.82) is 0 Å². The Hall–Kier alpha value is -2.35. The molecule has 0 aliphatic rings. The first kappa shape index (κ1) is 17.0. The number of benzene rings is 1. The van der Waals surface area contributed by atoms with Crippen molar-refractivity contribution in [3.05, 3.63) is 30.6 Å². The van der Waals surface area contributed by atoms with Gasteiger partial charge in [-0.1, -0.05) is 11.8 Å². The van der Waals surface area contributed by atoms with Gasteiger partial charge < -0.3 is 15.2 Å². The quantitative estimate of drug-likeness (QED) is 0.792. The summed E-state index contributed by atoms with van der Waals surface area (Å²) in [6.07, 6.45) is 1.65. The maximum absolute atomic E-state index is 12.2. The third-order valence-corrected chi connectivity index (χ3v) is 4.14. The fraction of sp³-hybridized carbons (Fsp3) is 0.333. The fourth-order valence-corrected chi connectivity index (χ4v) is 2.74. The van der Waals surface area contributed by atoms with E-state index in [2.05, 4.69) is 20.8 Å². The number of nitrogens with zero attached hydrogens (tertiary/aromatic N) is 3. The molecule has 0 aliphatic heterocycles. The zero-order valence-corrected chi connectivity index (χ0v) is 14.1. The molecule has 0 radical (unpaired) electrons. The second kappa shape index (κ2) is 7.77. The highest BCUT2D eigenvalue weighted by Crippen LogP contribution is 2.22. The Morgan fingerprint density at radius 3 is 2.39 bits per heavy atom. The van der Waals surface area contributed by atoms with Crippen LogP contribution in [0, 0.1) is 0 Å². The van der Waals surface area contributed by atoms with Gasteiger partial charge in [-0.25, -0.2) is 0 Å². The Morgan fingerprint density at radius 2 is 1.83 bits per heavy atom. The van der Waals surface area contributed by atoms with E-state index in [-0.39, 0.29) is 17.1 Å². The Balaban J connectivity index is 1.94. The smallest absolute Gasteiger partial charge is 0.237 e. The highest BCUT2D eigenvalue weighted by Gasteiger charge is 2.17. The zero-order chi connectivity index (χ0) is 16.8. The van der Waals surface area contributed by atoms with Crippen molar-refractivity contribution < 1.29 is 9.59 Å². The molecule has 0 saturated carbocycles. The van der Waals surface area contributed by atoms with Crippen LogP contribution in [0.3, 0.4) is 0 Å². The van der Waals surface area contributed by atoms with Crippen LogP contribution in [0.15, 0.2) is 35.7 Å². The van der Waals surface area contributed by atoms with Gasteiger partial charge in [-0.2, -0.15) is 0 Å². The summed E-state index contributed by atoms with van der Waals surface area (Å²) in [6.45, 7) is 6.02. The second-order valence-corrected chi connectivity index (χ2v) is 6.22. The number of amides is 2. The summed E-state index contributed by atoms with van der Waals surface area (Å²) >= 11 is 1.36. The summed E-state index contributed by atoms with van der Waals surface area (Å²) in [7, 11) is 0. The molecule has 2 rings (SSSR count).